The molecule has 0 saturated carbocycles. The van der Waals surface area contributed by atoms with Gasteiger partial charge in [-0.15, -0.1) is 0 Å². The van der Waals surface area contributed by atoms with Crippen molar-refractivity contribution in [2.45, 2.75) is 6.42 Å². The lowest BCUT2D eigenvalue weighted by molar-refractivity contribution is 0.0986. The third-order valence-electron chi connectivity index (χ3n) is 2.69. The van der Waals surface area contributed by atoms with Crippen LogP contribution in [0.3, 0.4) is 0 Å². The average Bonchev–Trinajstić information content (AvgIpc) is 2.41. The van der Waals surface area contributed by atoms with Gasteiger partial charge in [-0.2, -0.15) is 0 Å². The fraction of sp³-hybridized carbons (Fsp3) is 0.133. The minimum atomic E-state index is -0.325. The summed E-state index contributed by atoms with van der Waals surface area (Å²) in [5.74, 6) is -0.313. The summed E-state index contributed by atoms with van der Waals surface area (Å²) in [5, 5.41) is 3.19. The monoisotopic (exact) mass is 369 g/mol. The van der Waals surface area contributed by atoms with Crippen molar-refractivity contribution >= 4 is 34.1 Å². The molecule has 0 radical (unpaired) electrons. The van der Waals surface area contributed by atoms with Gasteiger partial charge in [0.05, 0.1) is 0 Å². The van der Waals surface area contributed by atoms with Gasteiger partial charge >= 0.3 is 0 Å². The molecule has 2 aromatic rings. The molecule has 0 aliphatic carbocycles. The van der Waals surface area contributed by atoms with Gasteiger partial charge in [0.1, 0.15) is 5.82 Å². The van der Waals surface area contributed by atoms with Crippen LogP contribution < -0.4 is 5.32 Å². The van der Waals surface area contributed by atoms with E-state index in [0.29, 0.717) is 18.5 Å². The Kier molecular flexibility index (Phi) is 4.90. The first-order valence-corrected chi connectivity index (χ1v) is 7.01. The van der Waals surface area contributed by atoms with E-state index >= 15 is 0 Å². The second-order valence-electron chi connectivity index (χ2n) is 4.11. The highest BCUT2D eigenvalue weighted by atomic mass is 127. The second-order valence-corrected chi connectivity index (χ2v) is 5.36. The molecule has 19 heavy (non-hydrogen) atoms. The van der Waals surface area contributed by atoms with Crippen LogP contribution in [-0.2, 0) is 0 Å². The first-order valence-electron chi connectivity index (χ1n) is 5.93. The number of carbonyl (C=O) groups excluding carboxylic acids is 1. The van der Waals surface area contributed by atoms with Gasteiger partial charge < -0.3 is 5.32 Å². The Labute approximate surface area is 125 Å². The van der Waals surface area contributed by atoms with Crippen LogP contribution in [0.1, 0.15) is 16.8 Å². The van der Waals surface area contributed by atoms with Gasteiger partial charge in [-0.25, -0.2) is 4.39 Å². The quantitative estimate of drug-likeness (QED) is 0.635. The van der Waals surface area contributed by atoms with Crippen molar-refractivity contribution in [1.29, 1.82) is 0 Å². The molecule has 0 heterocycles. The molecule has 0 spiro atoms. The molecule has 0 amide bonds. The number of rotatable bonds is 5. The summed E-state index contributed by atoms with van der Waals surface area (Å²) in [4.78, 5) is 11.8. The summed E-state index contributed by atoms with van der Waals surface area (Å²) in [6, 6.07) is 13.6. The molecule has 0 aliphatic rings. The van der Waals surface area contributed by atoms with E-state index in [1.807, 2.05) is 24.3 Å². The molecule has 0 fully saturated rings. The number of hydrogen-bond acceptors (Lipinski definition) is 2. The number of halogens is 2. The van der Waals surface area contributed by atoms with Crippen LogP contribution in [0.15, 0.2) is 48.5 Å². The van der Waals surface area contributed by atoms with E-state index < -0.39 is 0 Å². The molecule has 0 aromatic heterocycles. The van der Waals surface area contributed by atoms with Gasteiger partial charge in [0.25, 0.3) is 0 Å². The van der Waals surface area contributed by atoms with Crippen LogP contribution in [0.2, 0.25) is 0 Å². The summed E-state index contributed by atoms with van der Waals surface area (Å²) in [6.45, 7) is 0.566. The molecule has 2 aromatic carbocycles. The van der Waals surface area contributed by atoms with Crippen molar-refractivity contribution in [3.8, 4) is 0 Å². The largest absolute Gasteiger partial charge is 0.385 e. The molecule has 0 bridgehead atoms. The Hall–Kier alpha value is -1.43. The third kappa shape index (κ3) is 4.31. The lowest BCUT2D eigenvalue weighted by Gasteiger charge is -2.06. The topological polar surface area (TPSA) is 29.1 Å². The van der Waals surface area contributed by atoms with E-state index in [-0.39, 0.29) is 11.6 Å². The average molecular weight is 369 g/mol. The van der Waals surface area contributed by atoms with E-state index in [2.05, 4.69) is 27.9 Å². The molecule has 1 N–H and O–H groups in total. The molecule has 98 valence electrons. The Balaban J connectivity index is 1.84. The molecule has 0 saturated heterocycles. The lowest BCUT2D eigenvalue weighted by atomic mass is 10.1. The normalized spacial score (nSPS) is 10.2. The van der Waals surface area contributed by atoms with Crippen molar-refractivity contribution in [2.24, 2.45) is 0 Å². The van der Waals surface area contributed by atoms with Crippen molar-refractivity contribution in [3.63, 3.8) is 0 Å². The number of carbonyl (C=O) groups is 1. The number of hydrogen-bond donors (Lipinski definition) is 1. The summed E-state index contributed by atoms with van der Waals surface area (Å²) >= 11 is 2.24. The SMILES string of the molecule is O=C(CCNc1ccc(I)cc1)c1ccc(F)cc1. The summed E-state index contributed by atoms with van der Waals surface area (Å²) in [5.41, 5.74) is 1.54. The zero-order valence-electron chi connectivity index (χ0n) is 10.2. The van der Waals surface area contributed by atoms with Crippen LogP contribution in [0.4, 0.5) is 10.1 Å². The van der Waals surface area contributed by atoms with E-state index in [0.717, 1.165) is 5.69 Å². The molecular formula is C15H13FINO. The van der Waals surface area contributed by atoms with E-state index in [1.165, 1.54) is 27.8 Å². The van der Waals surface area contributed by atoms with E-state index in [9.17, 15) is 9.18 Å². The highest BCUT2D eigenvalue weighted by Crippen LogP contribution is 2.11. The first kappa shape index (κ1) is 14.0. The predicted octanol–water partition coefficient (Wildman–Crippen LogP) is 4.12. The van der Waals surface area contributed by atoms with Crippen LogP contribution >= 0.6 is 22.6 Å². The Morgan fingerprint density at radius 2 is 1.68 bits per heavy atom. The smallest absolute Gasteiger partial charge is 0.164 e. The highest BCUT2D eigenvalue weighted by molar-refractivity contribution is 14.1. The van der Waals surface area contributed by atoms with Crippen molar-refractivity contribution in [1.82, 2.24) is 0 Å². The highest BCUT2D eigenvalue weighted by Gasteiger charge is 2.05. The first-order chi connectivity index (χ1) is 9.15. The third-order valence-corrected chi connectivity index (χ3v) is 3.41. The maximum absolute atomic E-state index is 12.7. The van der Waals surface area contributed by atoms with Crippen molar-refractivity contribution in [3.05, 3.63) is 63.5 Å². The number of ketones is 1. The summed E-state index contributed by atoms with van der Waals surface area (Å²) in [7, 11) is 0. The molecule has 0 aliphatic heterocycles. The zero-order valence-corrected chi connectivity index (χ0v) is 12.4. The summed E-state index contributed by atoms with van der Waals surface area (Å²) in [6.07, 6.45) is 0.387. The fourth-order valence-electron chi connectivity index (χ4n) is 1.67. The van der Waals surface area contributed by atoms with Crippen molar-refractivity contribution in [2.75, 3.05) is 11.9 Å². The van der Waals surface area contributed by atoms with Gasteiger partial charge in [0.15, 0.2) is 5.78 Å². The summed E-state index contributed by atoms with van der Waals surface area (Å²) < 4.78 is 13.9. The predicted molar refractivity (Wildman–Crippen MR) is 83.0 cm³/mol. The molecule has 0 atom stereocenters. The van der Waals surface area contributed by atoms with E-state index in [4.69, 9.17) is 0 Å². The lowest BCUT2D eigenvalue weighted by Crippen LogP contribution is -2.08. The minimum Gasteiger partial charge on any atom is -0.385 e. The van der Waals surface area contributed by atoms with Crippen LogP contribution in [-0.4, -0.2) is 12.3 Å². The maximum atomic E-state index is 12.7. The maximum Gasteiger partial charge on any atom is 0.164 e. The Morgan fingerprint density at radius 3 is 2.32 bits per heavy atom. The molecule has 2 nitrogen and oxygen atoms in total. The fourth-order valence-corrected chi connectivity index (χ4v) is 2.03. The second kappa shape index (κ2) is 6.65. The van der Waals surface area contributed by atoms with Gasteiger partial charge in [-0.1, -0.05) is 0 Å². The minimum absolute atomic E-state index is 0.0120. The number of nitrogens with one attached hydrogen (secondary N) is 1. The van der Waals surface area contributed by atoms with Gasteiger partial charge in [0, 0.05) is 27.8 Å². The van der Waals surface area contributed by atoms with Crippen molar-refractivity contribution < 1.29 is 9.18 Å². The standard InChI is InChI=1S/C15H13FINO/c16-12-3-1-11(2-4-12)15(19)9-10-18-14-7-5-13(17)6-8-14/h1-8,18H,9-10H2. The molecular weight excluding hydrogens is 356 g/mol. The number of Topliss-reactive ketones (excluding diaryl/α,β-unsaturated/α-hetero) is 1. The number of benzene rings is 2. The van der Waals surface area contributed by atoms with E-state index in [1.54, 1.807) is 0 Å². The van der Waals surface area contributed by atoms with Crippen LogP contribution in [0, 0.1) is 9.39 Å². The zero-order chi connectivity index (χ0) is 13.7. The Bertz CT molecular complexity index is 551. The molecule has 4 heteroatoms. The van der Waals surface area contributed by atoms with Crippen LogP contribution in [0.5, 0.6) is 0 Å². The van der Waals surface area contributed by atoms with Gasteiger partial charge in [-0.3, -0.25) is 4.79 Å². The van der Waals surface area contributed by atoms with Gasteiger partial charge in [0.2, 0.25) is 0 Å². The molecule has 0 unspecified atom stereocenters. The number of anilines is 1. The van der Waals surface area contributed by atoms with Gasteiger partial charge in [-0.05, 0) is 71.1 Å². The molecule has 2 rings (SSSR count). The van der Waals surface area contributed by atoms with Crippen LogP contribution in [0.25, 0.3) is 0 Å². The Morgan fingerprint density at radius 1 is 1.05 bits per heavy atom.